The van der Waals surface area contributed by atoms with E-state index in [4.69, 9.17) is 4.74 Å². The van der Waals surface area contributed by atoms with Gasteiger partial charge in [0.05, 0.1) is 12.1 Å². The summed E-state index contributed by atoms with van der Waals surface area (Å²) in [7, 11) is 0. The molecule has 8 nitrogen and oxygen atoms in total. The molecule has 0 amide bonds. The minimum Gasteiger partial charge on any atom is -0.377 e. The second kappa shape index (κ2) is 10.8. The number of H-pyrrole nitrogens is 1. The zero-order valence-corrected chi connectivity index (χ0v) is 22.1. The van der Waals surface area contributed by atoms with Crippen molar-refractivity contribution in [1.82, 2.24) is 30.1 Å². The molecule has 1 aromatic carbocycles. The molecule has 2 aliphatic rings. The molecule has 1 aliphatic heterocycles. The number of nitrogens with zero attached hydrogens (tertiary/aromatic N) is 5. The molecule has 6 rings (SSSR count). The average molecular weight is 519 g/mol. The number of hydrogen-bond acceptors (Lipinski definition) is 7. The molecule has 1 saturated carbocycles. The zero-order chi connectivity index (χ0) is 25.2. The molecule has 2 fully saturated rings. The minimum atomic E-state index is -0.392. The third-order valence-electron chi connectivity index (χ3n) is 7.77. The van der Waals surface area contributed by atoms with Gasteiger partial charge in [-0.1, -0.05) is 37.0 Å². The maximum Gasteiger partial charge on any atom is 0.253 e. The van der Waals surface area contributed by atoms with Crippen LogP contribution in [0.4, 0.5) is 0 Å². The van der Waals surface area contributed by atoms with Gasteiger partial charge in [-0.15, -0.1) is 16.4 Å². The highest BCUT2D eigenvalue weighted by molar-refractivity contribution is 7.09. The highest BCUT2D eigenvalue weighted by atomic mass is 32.1. The SMILES string of the molecule is Cc1ccc2[nH]c(=O)c([C@@H](c3nnnn3C3CCCCC3)N(Cc3cccs3)C[C@@H]3CCCO3)cc2c1. The number of aryl methyl sites for hydroxylation is 1. The van der Waals surface area contributed by atoms with Gasteiger partial charge in [0, 0.05) is 35.7 Å². The van der Waals surface area contributed by atoms with Gasteiger partial charge in [-0.05, 0) is 78.1 Å². The molecule has 194 valence electrons. The summed E-state index contributed by atoms with van der Waals surface area (Å²) in [4.78, 5) is 20.4. The van der Waals surface area contributed by atoms with Gasteiger partial charge in [-0.3, -0.25) is 9.69 Å². The lowest BCUT2D eigenvalue weighted by Gasteiger charge is -2.33. The normalized spacial score (nSPS) is 19.7. The van der Waals surface area contributed by atoms with E-state index in [2.05, 4.69) is 55.9 Å². The van der Waals surface area contributed by atoms with Gasteiger partial charge in [0.15, 0.2) is 5.82 Å². The standard InChI is InChI=1S/C28H34N6O2S/c1-19-11-12-25-20(15-19)16-24(28(35)29-25)26(27-30-31-32-34(27)21-7-3-2-4-8-21)33(17-22-9-5-13-36-22)18-23-10-6-14-37-23/h6,10-12,14-16,21-22,26H,2-5,7-9,13,17-18H2,1H3,(H,29,35)/t22-,26-/m0/s1. The molecule has 3 aromatic heterocycles. The Labute approximate surface area is 220 Å². The molecule has 0 radical (unpaired) electrons. The summed E-state index contributed by atoms with van der Waals surface area (Å²) in [6.07, 6.45) is 7.96. The smallest absolute Gasteiger partial charge is 0.253 e. The van der Waals surface area contributed by atoms with E-state index in [1.807, 2.05) is 22.9 Å². The Bertz CT molecular complexity index is 1390. The lowest BCUT2D eigenvalue weighted by Crippen LogP contribution is -2.39. The number of benzene rings is 1. The topological polar surface area (TPSA) is 88.9 Å². The van der Waals surface area contributed by atoms with Crippen molar-refractivity contribution in [2.24, 2.45) is 0 Å². The van der Waals surface area contributed by atoms with E-state index in [0.29, 0.717) is 18.7 Å². The largest absolute Gasteiger partial charge is 0.377 e. The molecular weight excluding hydrogens is 484 g/mol. The van der Waals surface area contributed by atoms with Gasteiger partial charge in [-0.2, -0.15) is 0 Å². The van der Waals surface area contributed by atoms with Gasteiger partial charge in [0.2, 0.25) is 0 Å². The number of rotatable bonds is 8. The average Bonchev–Trinajstić information content (AvgIpc) is 3.69. The Morgan fingerprint density at radius 1 is 1.16 bits per heavy atom. The lowest BCUT2D eigenvalue weighted by atomic mass is 9.95. The highest BCUT2D eigenvalue weighted by Crippen LogP contribution is 2.35. The maximum atomic E-state index is 13.7. The number of ether oxygens (including phenoxy) is 1. The fourth-order valence-electron chi connectivity index (χ4n) is 5.93. The van der Waals surface area contributed by atoms with E-state index in [1.165, 1.54) is 24.1 Å². The molecule has 0 bridgehead atoms. The molecule has 4 aromatic rings. The van der Waals surface area contributed by atoms with Crippen LogP contribution < -0.4 is 5.56 Å². The molecule has 1 aliphatic carbocycles. The third kappa shape index (κ3) is 5.26. The Balaban J connectivity index is 1.50. The van der Waals surface area contributed by atoms with E-state index in [-0.39, 0.29) is 17.7 Å². The summed E-state index contributed by atoms with van der Waals surface area (Å²) in [6, 6.07) is 12.3. The first-order valence-electron chi connectivity index (χ1n) is 13.4. The molecule has 1 saturated heterocycles. The first kappa shape index (κ1) is 24.5. The summed E-state index contributed by atoms with van der Waals surface area (Å²) >= 11 is 1.73. The van der Waals surface area contributed by atoms with Crippen molar-refractivity contribution in [3.63, 3.8) is 0 Å². The molecule has 9 heteroatoms. The van der Waals surface area contributed by atoms with Crippen LogP contribution in [0, 0.1) is 6.92 Å². The lowest BCUT2D eigenvalue weighted by molar-refractivity contribution is 0.0571. The quantitative estimate of drug-likeness (QED) is 0.347. The number of fused-ring (bicyclic) bond motifs is 1. The van der Waals surface area contributed by atoms with Crippen molar-refractivity contribution in [1.29, 1.82) is 0 Å². The summed E-state index contributed by atoms with van der Waals surface area (Å²) < 4.78 is 8.10. The van der Waals surface area contributed by atoms with Gasteiger partial charge >= 0.3 is 0 Å². The first-order valence-corrected chi connectivity index (χ1v) is 14.3. The summed E-state index contributed by atoms with van der Waals surface area (Å²) in [5.74, 6) is 0.749. The molecule has 1 N–H and O–H groups in total. The first-order chi connectivity index (χ1) is 18.2. The van der Waals surface area contributed by atoms with Crippen LogP contribution in [-0.2, 0) is 11.3 Å². The summed E-state index contributed by atoms with van der Waals surface area (Å²) in [5.41, 5.74) is 2.58. The highest BCUT2D eigenvalue weighted by Gasteiger charge is 2.35. The van der Waals surface area contributed by atoms with Gasteiger partial charge in [0.25, 0.3) is 5.56 Å². The van der Waals surface area contributed by atoms with Crippen LogP contribution in [0.25, 0.3) is 10.9 Å². The van der Waals surface area contributed by atoms with Crippen molar-refractivity contribution in [2.75, 3.05) is 13.2 Å². The Kier molecular flexibility index (Phi) is 7.17. The van der Waals surface area contributed by atoms with Crippen molar-refractivity contribution < 1.29 is 4.74 Å². The predicted molar refractivity (Wildman–Crippen MR) is 145 cm³/mol. The van der Waals surface area contributed by atoms with E-state index >= 15 is 0 Å². The van der Waals surface area contributed by atoms with Crippen LogP contribution in [0.2, 0.25) is 0 Å². The Hall–Kier alpha value is -2.88. The molecular formula is C28H34N6O2S. The van der Waals surface area contributed by atoms with Crippen LogP contribution in [0.3, 0.4) is 0 Å². The number of aromatic amines is 1. The van der Waals surface area contributed by atoms with Crippen molar-refractivity contribution in [3.8, 4) is 0 Å². The third-order valence-corrected chi connectivity index (χ3v) is 8.63. The van der Waals surface area contributed by atoms with Crippen LogP contribution in [-0.4, -0.2) is 49.3 Å². The van der Waals surface area contributed by atoms with Crippen LogP contribution >= 0.6 is 11.3 Å². The number of aromatic nitrogens is 5. The van der Waals surface area contributed by atoms with E-state index in [1.54, 1.807) is 11.3 Å². The number of tetrazole rings is 1. The fourth-order valence-corrected chi connectivity index (χ4v) is 6.65. The van der Waals surface area contributed by atoms with Gasteiger partial charge in [0.1, 0.15) is 6.04 Å². The molecule has 4 heterocycles. The summed E-state index contributed by atoms with van der Waals surface area (Å²) in [5, 5.41) is 16.4. The van der Waals surface area contributed by atoms with E-state index in [0.717, 1.165) is 54.6 Å². The van der Waals surface area contributed by atoms with Gasteiger partial charge in [-0.25, -0.2) is 4.68 Å². The second-order valence-corrected chi connectivity index (χ2v) is 11.5. The fraction of sp³-hybridized carbons (Fsp3) is 0.500. The number of thiophene rings is 1. The second-order valence-electron chi connectivity index (χ2n) is 10.5. The number of hydrogen-bond donors (Lipinski definition) is 1. The van der Waals surface area contributed by atoms with E-state index < -0.39 is 6.04 Å². The van der Waals surface area contributed by atoms with Crippen molar-refractivity contribution >= 4 is 22.2 Å². The molecule has 37 heavy (non-hydrogen) atoms. The minimum absolute atomic E-state index is 0.0944. The zero-order valence-electron chi connectivity index (χ0n) is 21.3. The maximum absolute atomic E-state index is 13.7. The number of pyridine rings is 1. The molecule has 2 atom stereocenters. The van der Waals surface area contributed by atoms with Crippen LogP contribution in [0.5, 0.6) is 0 Å². The van der Waals surface area contributed by atoms with E-state index in [9.17, 15) is 4.79 Å². The Morgan fingerprint density at radius 2 is 2.05 bits per heavy atom. The molecule has 0 unspecified atom stereocenters. The number of nitrogens with one attached hydrogen (secondary N) is 1. The van der Waals surface area contributed by atoms with Crippen LogP contribution in [0.1, 0.15) is 78.9 Å². The monoisotopic (exact) mass is 518 g/mol. The van der Waals surface area contributed by atoms with Crippen molar-refractivity contribution in [3.05, 3.63) is 74.0 Å². The Morgan fingerprint density at radius 3 is 2.84 bits per heavy atom. The van der Waals surface area contributed by atoms with Crippen LogP contribution in [0.15, 0.2) is 46.6 Å². The predicted octanol–water partition coefficient (Wildman–Crippen LogP) is 5.16. The molecule has 0 spiro atoms. The summed E-state index contributed by atoms with van der Waals surface area (Å²) in [6.45, 7) is 4.28. The van der Waals surface area contributed by atoms with Gasteiger partial charge < -0.3 is 9.72 Å². The van der Waals surface area contributed by atoms with Crippen molar-refractivity contribution in [2.45, 2.75) is 76.6 Å².